The van der Waals surface area contributed by atoms with Crippen molar-refractivity contribution in [2.75, 3.05) is 23.4 Å². The zero-order valence-electron chi connectivity index (χ0n) is 10.3. The summed E-state index contributed by atoms with van der Waals surface area (Å²) in [6, 6.07) is 6.54. The minimum Gasteiger partial charge on any atom is -0.250 e. The molecule has 0 N–H and O–H groups in total. The quantitative estimate of drug-likeness (QED) is 0.855. The van der Waals surface area contributed by atoms with E-state index in [1.165, 1.54) is 12.5 Å². The molecule has 102 valence electrons. The van der Waals surface area contributed by atoms with Crippen LogP contribution in [-0.4, -0.2) is 31.7 Å². The highest BCUT2D eigenvalue weighted by Gasteiger charge is 2.22. The molecular weight excluding hydrogens is 296 g/mol. The summed E-state index contributed by atoms with van der Waals surface area (Å²) in [5, 5.41) is 0.303. The van der Waals surface area contributed by atoms with Gasteiger partial charge in [-0.2, -0.15) is 8.42 Å². The van der Waals surface area contributed by atoms with Crippen molar-refractivity contribution in [2.45, 2.75) is 6.92 Å². The Bertz CT molecular complexity index is 641. The summed E-state index contributed by atoms with van der Waals surface area (Å²) < 4.78 is 40.1. The van der Waals surface area contributed by atoms with E-state index >= 15 is 0 Å². The lowest BCUT2D eigenvalue weighted by Crippen LogP contribution is -2.29. The Kier molecular flexibility index (Phi) is 4.63. The second-order valence-corrected chi connectivity index (χ2v) is 8.55. The molecule has 1 aromatic rings. The van der Waals surface area contributed by atoms with E-state index in [1.54, 1.807) is 31.2 Å². The molecule has 18 heavy (non-hydrogen) atoms. The third-order valence-electron chi connectivity index (χ3n) is 1.96. The molecule has 8 heteroatoms. The first kappa shape index (κ1) is 15.3. The van der Waals surface area contributed by atoms with Gasteiger partial charge in [0, 0.05) is 19.1 Å². The van der Waals surface area contributed by atoms with Gasteiger partial charge in [0.15, 0.2) is 0 Å². The lowest BCUT2D eigenvalue weighted by atomic mass is 10.3. The Morgan fingerprint density at radius 3 is 2.22 bits per heavy atom. The van der Waals surface area contributed by atoms with Crippen molar-refractivity contribution in [3.8, 4) is 0 Å². The van der Waals surface area contributed by atoms with Gasteiger partial charge in [-0.15, -0.1) is 0 Å². The summed E-state index contributed by atoms with van der Waals surface area (Å²) in [7, 11) is -6.76. The van der Waals surface area contributed by atoms with Gasteiger partial charge in [-0.25, -0.2) is 4.21 Å². The Hall–Kier alpha value is -0.790. The van der Waals surface area contributed by atoms with Crippen molar-refractivity contribution in [3.05, 3.63) is 29.3 Å². The summed E-state index contributed by atoms with van der Waals surface area (Å²) in [4.78, 5) is 0. The number of halogens is 1. The van der Waals surface area contributed by atoms with E-state index in [4.69, 9.17) is 11.6 Å². The summed E-state index contributed by atoms with van der Waals surface area (Å²) in [6.07, 6.45) is 2.54. The number of anilines is 1. The van der Waals surface area contributed by atoms with Crippen LogP contribution in [0.25, 0.3) is 0 Å². The van der Waals surface area contributed by atoms with Gasteiger partial charge in [-0.05, 0) is 19.1 Å². The van der Waals surface area contributed by atoms with E-state index in [0.717, 1.165) is 4.31 Å². The van der Waals surface area contributed by atoms with Crippen LogP contribution in [0.15, 0.2) is 28.0 Å². The number of hydrogen-bond acceptors (Lipinski definition) is 3. The molecule has 0 aliphatic rings. The van der Waals surface area contributed by atoms with Crippen LogP contribution in [0.1, 0.15) is 6.92 Å². The SMILES string of the molecule is CCN(c1ccccc1Cl)S(=O)(=O)N=S(C)(C)=O. The zero-order chi connectivity index (χ0) is 14.0. The lowest BCUT2D eigenvalue weighted by Gasteiger charge is -2.21. The number of nitrogens with zero attached hydrogens (tertiary/aromatic N) is 2. The minimum absolute atomic E-state index is 0.158. The Morgan fingerprint density at radius 1 is 1.22 bits per heavy atom. The molecule has 0 radical (unpaired) electrons. The molecule has 0 saturated heterocycles. The van der Waals surface area contributed by atoms with Crippen molar-refractivity contribution in [1.82, 2.24) is 0 Å². The molecule has 0 aromatic heterocycles. The zero-order valence-corrected chi connectivity index (χ0v) is 12.7. The van der Waals surface area contributed by atoms with Gasteiger partial charge in [0.25, 0.3) is 0 Å². The highest BCUT2D eigenvalue weighted by molar-refractivity contribution is 8.03. The Balaban J connectivity index is 3.38. The first-order valence-electron chi connectivity index (χ1n) is 5.13. The summed E-state index contributed by atoms with van der Waals surface area (Å²) in [5.41, 5.74) is 0.328. The van der Waals surface area contributed by atoms with E-state index in [0.29, 0.717) is 10.7 Å². The molecule has 0 bridgehead atoms. The maximum Gasteiger partial charge on any atom is 0.352 e. The molecule has 0 amide bonds. The van der Waals surface area contributed by atoms with Crippen LogP contribution < -0.4 is 4.31 Å². The van der Waals surface area contributed by atoms with E-state index < -0.39 is 19.9 Å². The highest BCUT2D eigenvalue weighted by Crippen LogP contribution is 2.27. The van der Waals surface area contributed by atoms with Gasteiger partial charge >= 0.3 is 10.2 Å². The van der Waals surface area contributed by atoms with Crippen LogP contribution in [-0.2, 0) is 19.9 Å². The number of para-hydroxylation sites is 1. The molecule has 0 aliphatic heterocycles. The average Bonchev–Trinajstić information content (AvgIpc) is 2.17. The van der Waals surface area contributed by atoms with E-state index in [-0.39, 0.29) is 6.54 Å². The molecule has 0 unspecified atom stereocenters. The van der Waals surface area contributed by atoms with Crippen molar-refractivity contribution in [2.24, 2.45) is 3.77 Å². The Morgan fingerprint density at radius 2 is 1.78 bits per heavy atom. The third-order valence-corrected chi connectivity index (χ3v) is 5.48. The van der Waals surface area contributed by atoms with E-state index in [9.17, 15) is 12.6 Å². The highest BCUT2D eigenvalue weighted by atomic mass is 35.5. The van der Waals surface area contributed by atoms with Gasteiger partial charge in [0.1, 0.15) is 0 Å². The fourth-order valence-corrected chi connectivity index (χ4v) is 4.54. The molecule has 0 saturated carbocycles. The first-order valence-corrected chi connectivity index (χ1v) is 9.23. The molecule has 1 aromatic carbocycles. The van der Waals surface area contributed by atoms with E-state index in [1.807, 2.05) is 0 Å². The second kappa shape index (κ2) is 5.46. The fourth-order valence-electron chi connectivity index (χ4n) is 1.38. The summed E-state index contributed by atoms with van der Waals surface area (Å²) in [5.74, 6) is 0. The molecule has 0 aliphatic carbocycles. The summed E-state index contributed by atoms with van der Waals surface area (Å²) >= 11 is 5.96. The van der Waals surface area contributed by atoms with Gasteiger partial charge < -0.3 is 0 Å². The van der Waals surface area contributed by atoms with Gasteiger partial charge in [-0.3, -0.25) is 4.31 Å². The monoisotopic (exact) mass is 310 g/mol. The normalized spacial score (nSPS) is 12.2. The average molecular weight is 311 g/mol. The maximum absolute atomic E-state index is 12.1. The molecule has 5 nitrogen and oxygen atoms in total. The van der Waals surface area contributed by atoms with Crippen molar-refractivity contribution >= 4 is 37.2 Å². The lowest BCUT2D eigenvalue weighted by molar-refractivity contribution is 0.594. The molecule has 0 fully saturated rings. The number of hydrogen-bond donors (Lipinski definition) is 0. The van der Waals surface area contributed by atoms with E-state index in [2.05, 4.69) is 3.77 Å². The van der Waals surface area contributed by atoms with Crippen molar-refractivity contribution < 1.29 is 12.6 Å². The minimum atomic E-state index is -4.01. The number of benzene rings is 1. The van der Waals surface area contributed by atoms with Gasteiger partial charge in [0.2, 0.25) is 0 Å². The first-order chi connectivity index (χ1) is 8.17. The molecule has 0 spiro atoms. The summed E-state index contributed by atoms with van der Waals surface area (Å²) in [6.45, 7) is 1.81. The molecule has 0 atom stereocenters. The van der Waals surface area contributed by atoms with Crippen LogP contribution in [0.4, 0.5) is 5.69 Å². The van der Waals surface area contributed by atoms with Crippen LogP contribution in [0.5, 0.6) is 0 Å². The van der Waals surface area contributed by atoms with Crippen LogP contribution in [0.3, 0.4) is 0 Å². The van der Waals surface area contributed by atoms with Crippen molar-refractivity contribution in [1.29, 1.82) is 0 Å². The van der Waals surface area contributed by atoms with Crippen LogP contribution >= 0.6 is 11.6 Å². The molecule has 1 rings (SSSR count). The van der Waals surface area contributed by atoms with Gasteiger partial charge in [-0.1, -0.05) is 27.5 Å². The van der Waals surface area contributed by atoms with Gasteiger partial charge in [0.05, 0.1) is 20.4 Å². The standard InChI is InChI=1S/C10H15ClN2O3S2/c1-4-13(10-8-6-5-7-9(10)11)18(15,16)12-17(2,3)14/h5-8H,4H2,1-3H3. The fraction of sp³-hybridized carbons (Fsp3) is 0.400. The smallest absolute Gasteiger partial charge is 0.250 e. The second-order valence-electron chi connectivity index (χ2n) is 3.85. The van der Waals surface area contributed by atoms with Crippen molar-refractivity contribution in [3.63, 3.8) is 0 Å². The predicted molar refractivity (Wildman–Crippen MR) is 75.8 cm³/mol. The number of rotatable bonds is 4. The largest absolute Gasteiger partial charge is 0.352 e. The Labute approximate surface area is 113 Å². The molecular formula is C10H15ClN2O3S2. The molecule has 0 heterocycles. The topological polar surface area (TPSA) is 66.8 Å². The van der Waals surface area contributed by atoms with Crippen LogP contribution in [0.2, 0.25) is 5.02 Å². The third kappa shape index (κ3) is 3.86. The maximum atomic E-state index is 12.1. The van der Waals surface area contributed by atoms with Crippen LogP contribution in [0, 0.1) is 0 Å². The predicted octanol–water partition coefficient (Wildman–Crippen LogP) is 2.14.